The summed E-state index contributed by atoms with van der Waals surface area (Å²) in [5.41, 5.74) is 8.58. The molecule has 5 aromatic rings. The van der Waals surface area contributed by atoms with Crippen molar-refractivity contribution in [2.75, 3.05) is 11.9 Å². The van der Waals surface area contributed by atoms with Crippen LogP contribution in [0.1, 0.15) is 35.2 Å². The van der Waals surface area contributed by atoms with Gasteiger partial charge in [-0.15, -0.1) is 0 Å². The van der Waals surface area contributed by atoms with Crippen molar-refractivity contribution < 1.29 is 4.74 Å². The Bertz CT molecular complexity index is 1550. The number of anilines is 2. The van der Waals surface area contributed by atoms with Gasteiger partial charge in [0.1, 0.15) is 11.8 Å². The third-order valence-electron chi connectivity index (χ3n) is 6.77. The summed E-state index contributed by atoms with van der Waals surface area (Å²) in [7, 11) is 0. The summed E-state index contributed by atoms with van der Waals surface area (Å²) in [6.45, 7) is 4.75. The second-order valence-electron chi connectivity index (χ2n) is 9.24. The Hall–Kier alpha value is -4.56. The zero-order chi connectivity index (χ0) is 25.6. The van der Waals surface area contributed by atoms with E-state index in [2.05, 4.69) is 64.7 Å². The number of unbranched alkanes of at least 4 members (excludes halogenated alkanes) is 1. The molecular weight excluding hydrogens is 456 g/mol. The van der Waals surface area contributed by atoms with Crippen LogP contribution in [0.2, 0.25) is 0 Å². The van der Waals surface area contributed by atoms with Crippen LogP contribution < -0.4 is 10.1 Å². The third kappa shape index (κ3) is 5.34. The van der Waals surface area contributed by atoms with Crippen LogP contribution in [-0.2, 0) is 6.42 Å². The lowest BCUT2D eigenvalue weighted by molar-refractivity contribution is 0.307. The smallest absolute Gasteiger partial charge is 0.119 e. The van der Waals surface area contributed by atoms with Gasteiger partial charge >= 0.3 is 0 Å². The second kappa shape index (κ2) is 11.0. The van der Waals surface area contributed by atoms with Crippen LogP contribution in [-0.4, -0.2) is 16.6 Å². The maximum atomic E-state index is 9.87. The largest absolute Gasteiger partial charge is 0.494 e. The molecule has 0 saturated heterocycles. The highest BCUT2D eigenvalue weighted by molar-refractivity contribution is 5.92. The highest BCUT2D eigenvalue weighted by Gasteiger charge is 2.16. The number of fused-ring (bicyclic) bond motifs is 1. The molecule has 0 radical (unpaired) electrons. The second-order valence-corrected chi connectivity index (χ2v) is 9.24. The first-order valence-electron chi connectivity index (χ1n) is 12.6. The van der Waals surface area contributed by atoms with Crippen molar-refractivity contribution >= 4 is 22.3 Å². The molecule has 0 atom stereocenters. The highest BCUT2D eigenvalue weighted by atomic mass is 16.5. The number of nitrogens with zero attached hydrogens (tertiary/aromatic N) is 2. The lowest BCUT2D eigenvalue weighted by atomic mass is 9.99. The molecule has 0 saturated carbocycles. The Balaban J connectivity index is 1.33. The number of aryl methyl sites for hydroxylation is 3. The van der Waals surface area contributed by atoms with Gasteiger partial charge < -0.3 is 15.0 Å². The molecule has 2 aromatic heterocycles. The van der Waals surface area contributed by atoms with Crippen molar-refractivity contribution in [3.8, 4) is 22.9 Å². The fraction of sp³-hybridized carbons (Fsp3) is 0.188. The number of hydrogen-bond donors (Lipinski definition) is 2. The Morgan fingerprint density at radius 3 is 2.54 bits per heavy atom. The zero-order valence-electron chi connectivity index (χ0n) is 21.2. The van der Waals surface area contributed by atoms with E-state index in [0.717, 1.165) is 69.7 Å². The summed E-state index contributed by atoms with van der Waals surface area (Å²) < 4.78 is 6.00. The van der Waals surface area contributed by atoms with Crippen LogP contribution in [0.5, 0.6) is 5.75 Å². The van der Waals surface area contributed by atoms with E-state index in [9.17, 15) is 5.26 Å². The van der Waals surface area contributed by atoms with E-state index < -0.39 is 0 Å². The predicted molar refractivity (Wildman–Crippen MR) is 150 cm³/mol. The summed E-state index contributed by atoms with van der Waals surface area (Å²) in [6.07, 6.45) is 6.74. The van der Waals surface area contributed by atoms with Crippen molar-refractivity contribution in [3.05, 3.63) is 108 Å². The minimum absolute atomic E-state index is 0.507. The number of aromatic amines is 1. The number of ether oxygens (including phenoxy) is 1. The normalized spacial score (nSPS) is 10.8. The van der Waals surface area contributed by atoms with E-state index in [1.54, 1.807) is 6.20 Å². The number of hydrogen-bond acceptors (Lipinski definition) is 4. The molecule has 0 fully saturated rings. The fourth-order valence-electron chi connectivity index (χ4n) is 4.71. The Kier molecular flexibility index (Phi) is 7.19. The highest BCUT2D eigenvalue weighted by Crippen LogP contribution is 2.37. The molecule has 5 nitrogen and oxygen atoms in total. The number of benzene rings is 3. The lowest BCUT2D eigenvalue weighted by Crippen LogP contribution is -2.02. The Morgan fingerprint density at radius 2 is 1.76 bits per heavy atom. The average Bonchev–Trinajstić information content (AvgIpc) is 3.41. The van der Waals surface area contributed by atoms with E-state index in [1.165, 1.54) is 5.56 Å². The summed E-state index contributed by atoms with van der Waals surface area (Å²) in [6, 6.07) is 27.1. The predicted octanol–water partition coefficient (Wildman–Crippen LogP) is 7.86. The van der Waals surface area contributed by atoms with Crippen LogP contribution in [0.15, 0.2) is 85.2 Å². The minimum atomic E-state index is 0.507. The van der Waals surface area contributed by atoms with Crippen molar-refractivity contribution in [2.45, 2.75) is 33.1 Å². The maximum absolute atomic E-state index is 9.87. The molecule has 37 heavy (non-hydrogen) atoms. The van der Waals surface area contributed by atoms with Crippen LogP contribution in [0.4, 0.5) is 11.4 Å². The van der Waals surface area contributed by atoms with Gasteiger partial charge in [-0.2, -0.15) is 5.26 Å². The lowest BCUT2D eigenvalue weighted by Gasteiger charge is -2.18. The number of H-pyrrole nitrogens is 1. The molecule has 0 aliphatic rings. The van der Waals surface area contributed by atoms with E-state index in [4.69, 9.17) is 4.74 Å². The number of nitriles is 1. The van der Waals surface area contributed by atoms with Gasteiger partial charge in [0.05, 0.1) is 17.9 Å². The van der Waals surface area contributed by atoms with Crippen molar-refractivity contribution in [3.63, 3.8) is 0 Å². The maximum Gasteiger partial charge on any atom is 0.119 e. The molecule has 184 valence electrons. The number of rotatable bonds is 9. The number of nitrogens with one attached hydrogen (secondary N) is 2. The summed E-state index contributed by atoms with van der Waals surface area (Å²) in [5, 5.41) is 14.6. The summed E-state index contributed by atoms with van der Waals surface area (Å²) in [4.78, 5) is 7.76. The van der Waals surface area contributed by atoms with Crippen molar-refractivity contribution in [2.24, 2.45) is 0 Å². The first-order chi connectivity index (χ1) is 18.1. The third-order valence-corrected chi connectivity index (χ3v) is 6.77. The van der Waals surface area contributed by atoms with Gasteiger partial charge in [-0.3, -0.25) is 4.98 Å². The fourth-order valence-corrected chi connectivity index (χ4v) is 4.71. The molecular formula is C32H30N4O. The van der Waals surface area contributed by atoms with Crippen LogP contribution in [0.3, 0.4) is 0 Å². The summed E-state index contributed by atoms with van der Waals surface area (Å²) in [5.74, 6) is 0.841. The monoisotopic (exact) mass is 486 g/mol. The first kappa shape index (κ1) is 24.1. The van der Waals surface area contributed by atoms with E-state index in [0.29, 0.717) is 12.2 Å². The average molecular weight is 487 g/mol. The molecule has 0 aliphatic heterocycles. The van der Waals surface area contributed by atoms with Crippen LogP contribution >= 0.6 is 0 Å². The molecule has 0 bridgehead atoms. The van der Waals surface area contributed by atoms with E-state index >= 15 is 0 Å². The molecule has 2 N–H and O–H groups in total. The van der Waals surface area contributed by atoms with E-state index in [-0.39, 0.29) is 0 Å². The van der Waals surface area contributed by atoms with Crippen molar-refractivity contribution in [1.29, 1.82) is 5.26 Å². The molecule has 0 amide bonds. The van der Waals surface area contributed by atoms with Gasteiger partial charge in [0.15, 0.2) is 0 Å². The SMILES string of the molecule is Cc1ncc(C#N)c(Nc2ccc3[nH]ccc3c2C)c1-c1ccc(OCCCCc2ccccc2)cc1. The van der Waals surface area contributed by atoms with Gasteiger partial charge in [0.25, 0.3) is 0 Å². The van der Waals surface area contributed by atoms with Gasteiger partial charge in [0, 0.05) is 40.2 Å². The molecule has 0 unspecified atom stereocenters. The van der Waals surface area contributed by atoms with Gasteiger partial charge in [-0.25, -0.2) is 0 Å². The quantitative estimate of drug-likeness (QED) is 0.208. The Labute approximate surface area is 217 Å². The molecule has 0 aliphatic carbocycles. The molecule has 5 heteroatoms. The van der Waals surface area contributed by atoms with Crippen molar-refractivity contribution in [1.82, 2.24) is 9.97 Å². The molecule has 3 aromatic carbocycles. The number of aromatic nitrogens is 2. The molecule has 0 spiro atoms. The zero-order valence-corrected chi connectivity index (χ0v) is 21.2. The van der Waals surface area contributed by atoms with E-state index in [1.807, 2.05) is 49.5 Å². The Morgan fingerprint density at radius 1 is 0.946 bits per heavy atom. The van der Waals surface area contributed by atoms with Crippen LogP contribution in [0, 0.1) is 25.2 Å². The summed E-state index contributed by atoms with van der Waals surface area (Å²) >= 11 is 0. The minimum Gasteiger partial charge on any atom is -0.494 e. The first-order valence-corrected chi connectivity index (χ1v) is 12.6. The van der Waals surface area contributed by atoms with Crippen LogP contribution in [0.25, 0.3) is 22.0 Å². The standard InChI is InChI=1S/C32H30N4O/c1-22-28-17-18-34-30(28)16-15-29(22)36-32-26(20-33)21-35-23(2)31(32)25-11-13-27(14-12-25)37-19-7-6-10-24-8-4-3-5-9-24/h3-5,8-9,11-18,21,34H,6-7,10,19H2,1-2H3,(H,35,36). The van der Waals surface area contributed by atoms with Gasteiger partial charge in [-0.1, -0.05) is 42.5 Å². The molecule has 5 rings (SSSR count). The molecule has 2 heterocycles. The number of pyridine rings is 1. The van der Waals surface area contributed by atoms with Gasteiger partial charge in [-0.05, 0) is 80.1 Å². The topological polar surface area (TPSA) is 73.7 Å². The van der Waals surface area contributed by atoms with Gasteiger partial charge in [0.2, 0.25) is 0 Å².